The van der Waals surface area contributed by atoms with E-state index in [4.69, 9.17) is 4.74 Å². The number of hydrogen-bond acceptors (Lipinski definition) is 4. The van der Waals surface area contributed by atoms with E-state index < -0.39 is 17.2 Å². The Morgan fingerprint density at radius 1 is 1.32 bits per heavy atom. The molecule has 1 amide bonds. The highest BCUT2D eigenvalue weighted by molar-refractivity contribution is 8.00. The Kier molecular flexibility index (Phi) is 6.10. The Bertz CT molecular complexity index is 505. The Labute approximate surface area is 131 Å². The molecule has 1 fully saturated rings. The van der Waals surface area contributed by atoms with Gasteiger partial charge in [-0.25, -0.2) is 0 Å². The fourth-order valence-electron chi connectivity index (χ4n) is 2.11. The van der Waals surface area contributed by atoms with E-state index in [-0.39, 0.29) is 11.8 Å². The second-order valence-electron chi connectivity index (χ2n) is 4.87. The standard InChI is InChI=1S/C14H17F3N2O2S/c15-14(16,17)22-10-13(20)18-12-3-1-2-11(8-12)9-19-4-6-21-7-5-19/h1-3,8H,4-7,9-10H2,(H,18,20). The molecular weight excluding hydrogens is 317 g/mol. The predicted molar refractivity (Wildman–Crippen MR) is 79.7 cm³/mol. The summed E-state index contributed by atoms with van der Waals surface area (Å²) in [6.45, 7) is 3.82. The summed E-state index contributed by atoms with van der Waals surface area (Å²) >= 11 is -0.341. The number of amides is 1. The zero-order chi connectivity index (χ0) is 16.0. The number of benzene rings is 1. The minimum Gasteiger partial charge on any atom is -0.379 e. The molecule has 22 heavy (non-hydrogen) atoms. The maximum absolute atomic E-state index is 12.0. The highest BCUT2D eigenvalue weighted by atomic mass is 32.2. The van der Waals surface area contributed by atoms with Gasteiger partial charge in [0.15, 0.2) is 0 Å². The lowest BCUT2D eigenvalue weighted by atomic mass is 10.2. The molecule has 1 aromatic carbocycles. The van der Waals surface area contributed by atoms with Gasteiger partial charge in [0.05, 0.1) is 19.0 Å². The van der Waals surface area contributed by atoms with Crippen LogP contribution in [0.3, 0.4) is 0 Å². The quantitative estimate of drug-likeness (QED) is 0.899. The lowest BCUT2D eigenvalue weighted by molar-refractivity contribution is -0.114. The molecule has 4 nitrogen and oxygen atoms in total. The molecule has 0 unspecified atom stereocenters. The smallest absolute Gasteiger partial charge is 0.379 e. The van der Waals surface area contributed by atoms with E-state index in [1.807, 2.05) is 6.07 Å². The number of carbonyl (C=O) groups is 1. The molecule has 0 radical (unpaired) electrons. The summed E-state index contributed by atoms with van der Waals surface area (Å²) in [5.74, 6) is -1.30. The Balaban J connectivity index is 1.86. The number of anilines is 1. The SMILES string of the molecule is O=C(CSC(F)(F)F)Nc1cccc(CN2CCOCC2)c1. The van der Waals surface area contributed by atoms with Gasteiger partial charge in [-0.3, -0.25) is 9.69 Å². The highest BCUT2D eigenvalue weighted by Gasteiger charge is 2.29. The first kappa shape index (κ1) is 17.1. The summed E-state index contributed by atoms with van der Waals surface area (Å²) in [7, 11) is 0. The predicted octanol–water partition coefficient (Wildman–Crippen LogP) is 2.71. The van der Waals surface area contributed by atoms with Gasteiger partial charge >= 0.3 is 5.51 Å². The second-order valence-corrected chi connectivity index (χ2v) is 5.91. The topological polar surface area (TPSA) is 41.6 Å². The first-order chi connectivity index (χ1) is 10.4. The molecule has 1 aromatic rings. The molecule has 1 saturated heterocycles. The van der Waals surface area contributed by atoms with Crippen LogP contribution < -0.4 is 5.32 Å². The summed E-state index contributed by atoms with van der Waals surface area (Å²) in [6, 6.07) is 7.16. The van der Waals surface area contributed by atoms with Crippen molar-refractivity contribution in [1.29, 1.82) is 0 Å². The molecule has 1 aliphatic rings. The molecule has 2 rings (SSSR count). The molecule has 0 atom stereocenters. The van der Waals surface area contributed by atoms with E-state index in [0.29, 0.717) is 18.9 Å². The van der Waals surface area contributed by atoms with E-state index in [2.05, 4.69) is 10.2 Å². The van der Waals surface area contributed by atoms with Gasteiger partial charge in [0, 0.05) is 25.3 Å². The first-order valence-corrected chi connectivity index (χ1v) is 7.80. The summed E-state index contributed by atoms with van der Waals surface area (Å²) in [4.78, 5) is 13.7. The van der Waals surface area contributed by atoms with Crippen molar-refractivity contribution in [3.05, 3.63) is 29.8 Å². The summed E-state index contributed by atoms with van der Waals surface area (Å²) < 4.78 is 41.4. The van der Waals surface area contributed by atoms with E-state index in [0.717, 1.165) is 25.2 Å². The first-order valence-electron chi connectivity index (χ1n) is 6.82. The van der Waals surface area contributed by atoms with Crippen molar-refractivity contribution in [2.75, 3.05) is 37.4 Å². The van der Waals surface area contributed by atoms with Gasteiger partial charge in [-0.1, -0.05) is 12.1 Å². The Hall–Kier alpha value is -1.25. The third-order valence-electron chi connectivity index (χ3n) is 3.09. The Morgan fingerprint density at radius 3 is 2.73 bits per heavy atom. The molecule has 0 spiro atoms. The maximum Gasteiger partial charge on any atom is 0.442 e. The molecule has 0 aromatic heterocycles. The van der Waals surface area contributed by atoms with Gasteiger partial charge in [0.1, 0.15) is 0 Å². The molecule has 8 heteroatoms. The van der Waals surface area contributed by atoms with Crippen molar-refractivity contribution in [2.45, 2.75) is 12.1 Å². The molecule has 1 aliphatic heterocycles. The molecule has 1 N–H and O–H groups in total. The number of rotatable bonds is 5. The van der Waals surface area contributed by atoms with Crippen molar-refractivity contribution >= 4 is 23.4 Å². The van der Waals surface area contributed by atoms with Crippen molar-refractivity contribution in [3.8, 4) is 0 Å². The number of morpholine rings is 1. The average molecular weight is 334 g/mol. The van der Waals surface area contributed by atoms with Crippen molar-refractivity contribution in [2.24, 2.45) is 0 Å². The third-order valence-corrected chi connectivity index (χ3v) is 3.82. The van der Waals surface area contributed by atoms with Crippen molar-refractivity contribution in [1.82, 2.24) is 4.90 Å². The van der Waals surface area contributed by atoms with Gasteiger partial charge < -0.3 is 10.1 Å². The van der Waals surface area contributed by atoms with Crippen LogP contribution in [-0.4, -0.2) is 48.4 Å². The van der Waals surface area contributed by atoms with Crippen LogP contribution in [-0.2, 0) is 16.1 Å². The van der Waals surface area contributed by atoms with Crippen LogP contribution in [0.25, 0.3) is 0 Å². The van der Waals surface area contributed by atoms with E-state index in [9.17, 15) is 18.0 Å². The van der Waals surface area contributed by atoms with Crippen LogP contribution in [0, 0.1) is 0 Å². The summed E-state index contributed by atoms with van der Waals surface area (Å²) in [6.07, 6.45) is 0. The average Bonchev–Trinajstić information content (AvgIpc) is 2.46. The van der Waals surface area contributed by atoms with Gasteiger partial charge in [0.2, 0.25) is 5.91 Å². The fraction of sp³-hybridized carbons (Fsp3) is 0.500. The molecular formula is C14H17F3N2O2S. The molecule has 122 valence electrons. The Morgan fingerprint density at radius 2 is 2.05 bits per heavy atom. The zero-order valence-electron chi connectivity index (χ0n) is 11.9. The monoisotopic (exact) mass is 334 g/mol. The van der Waals surface area contributed by atoms with Crippen LogP contribution >= 0.6 is 11.8 Å². The van der Waals surface area contributed by atoms with Gasteiger partial charge in [-0.05, 0) is 29.5 Å². The lowest BCUT2D eigenvalue weighted by Gasteiger charge is -2.26. The van der Waals surface area contributed by atoms with Crippen molar-refractivity contribution in [3.63, 3.8) is 0 Å². The molecule has 0 aliphatic carbocycles. The number of ether oxygens (including phenoxy) is 1. The normalized spacial score (nSPS) is 16.5. The minimum atomic E-state index is -4.39. The number of hydrogen-bond donors (Lipinski definition) is 1. The van der Waals surface area contributed by atoms with Gasteiger partial charge in [-0.2, -0.15) is 13.2 Å². The number of halogens is 3. The number of alkyl halides is 3. The van der Waals surface area contributed by atoms with Crippen molar-refractivity contribution < 1.29 is 22.7 Å². The van der Waals surface area contributed by atoms with E-state index in [1.165, 1.54) is 0 Å². The second kappa shape index (κ2) is 7.85. The highest BCUT2D eigenvalue weighted by Crippen LogP contribution is 2.29. The molecule has 0 bridgehead atoms. The lowest BCUT2D eigenvalue weighted by Crippen LogP contribution is -2.35. The van der Waals surface area contributed by atoms with Crippen LogP contribution in [0.2, 0.25) is 0 Å². The zero-order valence-corrected chi connectivity index (χ0v) is 12.7. The fourth-order valence-corrected chi connectivity index (χ4v) is 2.48. The van der Waals surface area contributed by atoms with Crippen LogP contribution in [0.1, 0.15) is 5.56 Å². The minimum absolute atomic E-state index is 0.341. The third kappa shape index (κ3) is 6.25. The summed E-state index contributed by atoms with van der Waals surface area (Å²) in [5, 5.41) is 2.49. The number of nitrogens with zero attached hydrogens (tertiary/aromatic N) is 1. The van der Waals surface area contributed by atoms with Crippen LogP contribution in [0.5, 0.6) is 0 Å². The number of carbonyl (C=O) groups excluding carboxylic acids is 1. The van der Waals surface area contributed by atoms with E-state index in [1.54, 1.807) is 18.2 Å². The van der Waals surface area contributed by atoms with Gasteiger partial charge in [-0.15, -0.1) is 0 Å². The van der Waals surface area contributed by atoms with Gasteiger partial charge in [0.25, 0.3) is 0 Å². The maximum atomic E-state index is 12.0. The largest absolute Gasteiger partial charge is 0.442 e. The van der Waals surface area contributed by atoms with E-state index >= 15 is 0 Å². The summed E-state index contributed by atoms with van der Waals surface area (Å²) in [5.41, 5.74) is -2.88. The number of thioether (sulfide) groups is 1. The molecule has 0 saturated carbocycles. The number of nitrogens with one attached hydrogen (secondary N) is 1. The van der Waals surface area contributed by atoms with Crippen LogP contribution in [0.15, 0.2) is 24.3 Å². The van der Waals surface area contributed by atoms with Crippen LogP contribution in [0.4, 0.5) is 18.9 Å². The molecule has 1 heterocycles.